The molecule has 0 aliphatic carbocycles. The second kappa shape index (κ2) is 14.1. The fraction of sp³-hybridized carbons (Fsp3) is 0.517. The lowest BCUT2D eigenvalue weighted by Crippen LogP contribution is -1.85. The van der Waals surface area contributed by atoms with Crippen molar-refractivity contribution in [2.45, 2.75) is 100 Å². The van der Waals surface area contributed by atoms with Crippen LogP contribution in [0.1, 0.15) is 90.4 Å². The van der Waals surface area contributed by atoms with Crippen LogP contribution in [0.5, 0.6) is 0 Å². The van der Waals surface area contributed by atoms with Crippen molar-refractivity contribution in [2.24, 2.45) is 0 Å². The van der Waals surface area contributed by atoms with Gasteiger partial charge >= 0.3 is 0 Å². The number of unbranched alkanes of at least 4 members (excludes halogenated alkanes) is 12. The molecule has 0 nitrogen and oxygen atoms in total. The molecule has 0 aliphatic rings. The molecule has 0 N–H and O–H groups in total. The third kappa shape index (κ3) is 8.73. The second-order valence-corrected chi connectivity index (χ2v) is 10.7. The molecule has 0 radical (unpaired) electrons. The van der Waals surface area contributed by atoms with Crippen molar-refractivity contribution >= 4 is 45.9 Å². The SMILES string of the molecule is CCCCCCCCCCCCCCCSc1ccc2cc3ccc(S)cc3cc2c1. The zero-order valence-electron chi connectivity index (χ0n) is 19.4. The van der Waals surface area contributed by atoms with Crippen LogP contribution in [0.15, 0.2) is 58.3 Å². The third-order valence-corrected chi connectivity index (χ3v) is 7.63. The zero-order valence-corrected chi connectivity index (χ0v) is 21.1. The first-order valence-electron chi connectivity index (χ1n) is 12.6. The van der Waals surface area contributed by atoms with Crippen LogP contribution in [0, 0.1) is 0 Å². The van der Waals surface area contributed by atoms with E-state index < -0.39 is 0 Å². The highest BCUT2D eigenvalue weighted by molar-refractivity contribution is 7.99. The molecule has 31 heavy (non-hydrogen) atoms. The highest BCUT2D eigenvalue weighted by atomic mass is 32.2. The van der Waals surface area contributed by atoms with E-state index in [1.54, 1.807) is 0 Å². The first-order valence-corrected chi connectivity index (χ1v) is 14.0. The van der Waals surface area contributed by atoms with E-state index >= 15 is 0 Å². The Labute approximate surface area is 200 Å². The largest absolute Gasteiger partial charge is 0.143 e. The normalized spacial score (nSPS) is 11.5. The standard InChI is InChI=1S/C29H40S2/c1-2-3-4-5-6-7-8-9-10-11-12-13-14-19-31-29-18-16-25-20-24-15-17-28(30)22-26(24)21-27(25)23-29/h15-18,20-23,30H,2-14,19H2,1H3. The molecule has 0 aliphatic heterocycles. The van der Waals surface area contributed by atoms with E-state index in [2.05, 4.69) is 68.1 Å². The summed E-state index contributed by atoms with van der Waals surface area (Å²) in [4.78, 5) is 2.42. The summed E-state index contributed by atoms with van der Waals surface area (Å²) >= 11 is 6.50. The molecule has 0 saturated carbocycles. The molecule has 0 heterocycles. The minimum absolute atomic E-state index is 1.03. The zero-order chi connectivity index (χ0) is 21.7. The Morgan fingerprint density at radius 1 is 0.548 bits per heavy atom. The van der Waals surface area contributed by atoms with E-state index in [9.17, 15) is 0 Å². The first-order chi connectivity index (χ1) is 15.3. The third-order valence-electron chi connectivity index (χ3n) is 6.27. The molecule has 0 saturated heterocycles. The predicted octanol–water partition coefficient (Wildman–Crippen LogP) is 10.5. The minimum atomic E-state index is 1.03. The van der Waals surface area contributed by atoms with Crippen molar-refractivity contribution < 1.29 is 0 Å². The van der Waals surface area contributed by atoms with Gasteiger partial charge in [0.05, 0.1) is 0 Å². The summed E-state index contributed by atoms with van der Waals surface area (Å²) in [6.07, 6.45) is 18.5. The topological polar surface area (TPSA) is 0 Å². The van der Waals surface area contributed by atoms with E-state index in [0.717, 1.165) is 4.90 Å². The van der Waals surface area contributed by atoms with Crippen LogP contribution in [0.3, 0.4) is 0 Å². The van der Waals surface area contributed by atoms with Crippen molar-refractivity contribution in [1.29, 1.82) is 0 Å². The Kier molecular flexibility index (Phi) is 11.2. The van der Waals surface area contributed by atoms with Crippen molar-refractivity contribution in [1.82, 2.24) is 0 Å². The molecular formula is C29H40S2. The lowest BCUT2D eigenvalue weighted by Gasteiger charge is -2.07. The molecule has 3 aromatic rings. The summed E-state index contributed by atoms with van der Waals surface area (Å²) in [5.74, 6) is 1.23. The quantitative estimate of drug-likeness (QED) is 0.103. The van der Waals surface area contributed by atoms with Gasteiger partial charge in [0.25, 0.3) is 0 Å². The van der Waals surface area contributed by atoms with Gasteiger partial charge in [-0.2, -0.15) is 0 Å². The van der Waals surface area contributed by atoms with Crippen molar-refractivity contribution in [2.75, 3.05) is 5.75 Å². The molecule has 2 heteroatoms. The van der Waals surface area contributed by atoms with Crippen LogP contribution in [-0.4, -0.2) is 5.75 Å². The van der Waals surface area contributed by atoms with Gasteiger partial charge < -0.3 is 0 Å². The molecular weight excluding hydrogens is 412 g/mol. The number of benzene rings is 3. The van der Waals surface area contributed by atoms with Crippen molar-refractivity contribution in [3.63, 3.8) is 0 Å². The van der Waals surface area contributed by atoms with Gasteiger partial charge in [-0.1, -0.05) is 96.1 Å². The number of fused-ring (bicyclic) bond motifs is 2. The highest BCUT2D eigenvalue weighted by Crippen LogP contribution is 2.29. The minimum Gasteiger partial charge on any atom is -0.143 e. The first kappa shape index (κ1) is 24.5. The van der Waals surface area contributed by atoms with Crippen molar-refractivity contribution in [3.05, 3.63) is 48.5 Å². The van der Waals surface area contributed by atoms with Crippen LogP contribution >= 0.6 is 24.4 Å². The summed E-state index contributed by atoms with van der Waals surface area (Å²) in [5, 5.41) is 5.22. The molecule has 0 atom stereocenters. The van der Waals surface area contributed by atoms with E-state index in [0.29, 0.717) is 0 Å². The fourth-order valence-electron chi connectivity index (χ4n) is 4.36. The van der Waals surface area contributed by atoms with Gasteiger partial charge in [0.15, 0.2) is 0 Å². The summed E-state index contributed by atoms with van der Waals surface area (Å²) in [6.45, 7) is 2.29. The average Bonchev–Trinajstić information content (AvgIpc) is 2.78. The van der Waals surface area contributed by atoms with E-state index in [4.69, 9.17) is 0 Å². The van der Waals surface area contributed by atoms with Gasteiger partial charge in [0.2, 0.25) is 0 Å². The van der Waals surface area contributed by atoms with Crippen LogP contribution in [0.25, 0.3) is 21.5 Å². The smallest absolute Gasteiger partial charge is 0.00783 e. The van der Waals surface area contributed by atoms with Gasteiger partial charge in [0.1, 0.15) is 0 Å². The molecule has 168 valence electrons. The predicted molar refractivity (Wildman–Crippen MR) is 145 cm³/mol. The second-order valence-electron chi connectivity index (χ2n) is 8.98. The Bertz CT molecular complexity index is 915. The van der Waals surface area contributed by atoms with Gasteiger partial charge in [-0.05, 0) is 70.1 Å². The Morgan fingerprint density at radius 2 is 1.06 bits per heavy atom. The fourth-order valence-corrected chi connectivity index (χ4v) is 5.53. The Morgan fingerprint density at radius 3 is 1.71 bits per heavy atom. The maximum absolute atomic E-state index is 4.49. The van der Waals surface area contributed by atoms with E-state index in [-0.39, 0.29) is 0 Å². The molecule has 0 fully saturated rings. The number of hydrogen-bond acceptors (Lipinski definition) is 2. The van der Waals surface area contributed by atoms with Gasteiger partial charge in [-0.25, -0.2) is 0 Å². The number of hydrogen-bond donors (Lipinski definition) is 1. The molecule has 3 rings (SSSR count). The monoisotopic (exact) mass is 452 g/mol. The number of thioether (sulfide) groups is 1. The van der Waals surface area contributed by atoms with Crippen LogP contribution in [0.2, 0.25) is 0 Å². The molecule has 0 unspecified atom stereocenters. The van der Waals surface area contributed by atoms with E-state index in [1.165, 1.54) is 116 Å². The molecule has 0 amide bonds. The number of thiol groups is 1. The molecule has 0 aromatic heterocycles. The lowest BCUT2D eigenvalue weighted by molar-refractivity contribution is 0.543. The van der Waals surface area contributed by atoms with Gasteiger partial charge in [-0.15, -0.1) is 24.4 Å². The summed E-state index contributed by atoms with van der Waals surface area (Å²) in [7, 11) is 0. The van der Waals surface area contributed by atoms with Crippen molar-refractivity contribution in [3.8, 4) is 0 Å². The molecule has 0 bridgehead atoms. The average molecular weight is 453 g/mol. The van der Waals surface area contributed by atoms with Gasteiger partial charge in [0, 0.05) is 9.79 Å². The van der Waals surface area contributed by atoms with Crippen LogP contribution < -0.4 is 0 Å². The molecule has 0 spiro atoms. The van der Waals surface area contributed by atoms with Gasteiger partial charge in [-0.3, -0.25) is 0 Å². The Hall–Kier alpha value is -1.12. The Balaban J connectivity index is 1.27. The summed E-state index contributed by atoms with van der Waals surface area (Å²) < 4.78 is 0. The highest BCUT2D eigenvalue weighted by Gasteiger charge is 2.02. The summed E-state index contributed by atoms with van der Waals surface area (Å²) in [6, 6.07) is 17.9. The maximum atomic E-state index is 4.49. The van der Waals surface area contributed by atoms with Crippen LogP contribution in [0.4, 0.5) is 0 Å². The molecule has 3 aromatic carbocycles. The maximum Gasteiger partial charge on any atom is 0.00783 e. The summed E-state index contributed by atoms with van der Waals surface area (Å²) in [5.41, 5.74) is 0. The van der Waals surface area contributed by atoms with Crippen LogP contribution in [-0.2, 0) is 0 Å². The number of rotatable bonds is 15. The lowest BCUT2D eigenvalue weighted by atomic mass is 10.0. The van der Waals surface area contributed by atoms with E-state index in [1.807, 2.05) is 11.8 Å².